The molecule has 0 heterocycles. The van der Waals surface area contributed by atoms with Crippen molar-refractivity contribution < 1.29 is 0 Å². The number of hydrogen-bond donors (Lipinski definition) is 0. The molecule has 0 spiro atoms. The summed E-state index contributed by atoms with van der Waals surface area (Å²) in [4.78, 5) is 0. The number of benzene rings is 1. The first-order valence-electron chi connectivity index (χ1n) is 6.85. The van der Waals surface area contributed by atoms with Gasteiger partial charge in [0.1, 0.15) is 0 Å². The standard InChI is InChI=1S/C15H16.C4H8/c1-12-8-4-3-5-10-14(12)15-11-7-6-9-13(15)2;1-3-4-2/h3-11,14H,1-2H3;3-4H,1-2H3/b;4-3-. The molecule has 0 saturated heterocycles. The molecule has 0 nitrogen and oxygen atoms in total. The fraction of sp³-hybridized carbons (Fsp3) is 0.263. The van der Waals surface area contributed by atoms with E-state index in [0.717, 1.165) is 0 Å². The van der Waals surface area contributed by atoms with Gasteiger partial charge in [-0.3, -0.25) is 0 Å². The van der Waals surface area contributed by atoms with Crippen molar-refractivity contribution in [2.75, 3.05) is 0 Å². The van der Waals surface area contributed by atoms with Crippen LogP contribution in [0, 0.1) is 6.92 Å². The molecule has 100 valence electrons. The maximum absolute atomic E-state index is 2.26. The van der Waals surface area contributed by atoms with Gasteiger partial charge < -0.3 is 0 Å². The van der Waals surface area contributed by atoms with Gasteiger partial charge in [-0.25, -0.2) is 0 Å². The van der Waals surface area contributed by atoms with E-state index < -0.39 is 0 Å². The average Bonchev–Trinajstić information content (AvgIpc) is 2.64. The van der Waals surface area contributed by atoms with E-state index in [9.17, 15) is 0 Å². The molecule has 2 rings (SSSR count). The first-order chi connectivity index (χ1) is 9.20. The number of hydrogen-bond acceptors (Lipinski definition) is 0. The molecule has 0 bridgehead atoms. The quantitative estimate of drug-likeness (QED) is 0.560. The van der Waals surface area contributed by atoms with Crippen molar-refractivity contribution in [1.29, 1.82) is 0 Å². The number of allylic oxidation sites excluding steroid dienone is 8. The van der Waals surface area contributed by atoms with Crippen molar-refractivity contribution in [1.82, 2.24) is 0 Å². The molecule has 1 aromatic carbocycles. The van der Waals surface area contributed by atoms with Gasteiger partial charge in [-0.1, -0.05) is 72.4 Å². The van der Waals surface area contributed by atoms with Gasteiger partial charge in [0.25, 0.3) is 0 Å². The second kappa shape index (κ2) is 8.31. The van der Waals surface area contributed by atoms with Gasteiger partial charge in [0.05, 0.1) is 0 Å². The first kappa shape index (κ1) is 15.2. The Morgan fingerprint density at radius 2 is 1.58 bits per heavy atom. The summed E-state index contributed by atoms with van der Waals surface area (Å²) in [6.07, 6.45) is 14.8. The van der Waals surface area contributed by atoms with E-state index in [1.165, 1.54) is 16.7 Å². The van der Waals surface area contributed by atoms with E-state index in [0.29, 0.717) is 5.92 Å². The van der Waals surface area contributed by atoms with E-state index in [4.69, 9.17) is 0 Å². The Labute approximate surface area is 117 Å². The van der Waals surface area contributed by atoms with Crippen LogP contribution in [-0.2, 0) is 0 Å². The van der Waals surface area contributed by atoms with Crippen molar-refractivity contribution in [3.63, 3.8) is 0 Å². The van der Waals surface area contributed by atoms with E-state index in [1.807, 2.05) is 26.0 Å². The van der Waals surface area contributed by atoms with Crippen LogP contribution in [0.15, 0.2) is 72.4 Å². The van der Waals surface area contributed by atoms with Crippen LogP contribution >= 0.6 is 0 Å². The maximum Gasteiger partial charge on any atom is 0.0234 e. The molecule has 1 aliphatic rings. The highest BCUT2D eigenvalue weighted by Gasteiger charge is 2.12. The Hall–Kier alpha value is -1.82. The molecule has 0 N–H and O–H groups in total. The summed E-state index contributed by atoms with van der Waals surface area (Å²) < 4.78 is 0. The fourth-order valence-electron chi connectivity index (χ4n) is 1.99. The molecule has 0 fully saturated rings. The van der Waals surface area contributed by atoms with E-state index in [1.54, 1.807) is 0 Å². The molecular weight excluding hydrogens is 228 g/mol. The molecule has 0 amide bonds. The topological polar surface area (TPSA) is 0 Å². The zero-order valence-electron chi connectivity index (χ0n) is 12.4. The van der Waals surface area contributed by atoms with Gasteiger partial charge in [-0.2, -0.15) is 0 Å². The summed E-state index contributed by atoms with van der Waals surface area (Å²) >= 11 is 0. The highest BCUT2D eigenvalue weighted by molar-refractivity contribution is 5.41. The second-order valence-electron chi connectivity index (χ2n) is 4.68. The first-order valence-corrected chi connectivity index (χ1v) is 6.85. The molecule has 1 aliphatic carbocycles. The van der Waals surface area contributed by atoms with Crippen LogP contribution in [-0.4, -0.2) is 0 Å². The predicted molar refractivity (Wildman–Crippen MR) is 86.4 cm³/mol. The average molecular weight is 252 g/mol. The second-order valence-corrected chi connectivity index (χ2v) is 4.68. The minimum absolute atomic E-state index is 0.432. The summed E-state index contributed by atoms with van der Waals surface area (Å²) in [5.41, 5.74) is 4.17. The lowest BCUT2D eigenvalue weighted by Gasteiger charge is -2.15. The Kier molecular flexibility index (Phi) is 6.67. The molecular formula is C19H24. The van der Waals surface area contributed by atoms with Crippen molar-refractivity contribution in [2.45, 2.75) is 33.6 Å². The van der Waals surface area contributed by atoms with Crippen LogP contribution in [0.3, 0.4) is 0 Å². The van der Waals surface area contributed by atoms with Gasteiger partial charge in [-0.15, -0.1) is 0 Å². The third-order valence-electron chi connectivity index (χ3n) is 3.23. The van der Waals surface area contributed by atoms with Crippen LogP contribution in [0.5, 0.6) is 0 Å². The van der Waals surface area contributed by atoms with Crippen molar-refractivity contribution in [2.24, 2.45) is 0 Å². The molecule has 0 aliphatic heterocycles. The van der Waals surface area contributed by atoms with Crippen LogP contribution in [0.25, 0.3) is 0 Å². The summed E-state index contributed by atoms with van der Waals surface area (Å²) in [5, 5.41) is 0. The van der Waals surface area contributed by atoms with E-state index >= 15 is 0 Å². The Balaban J connectivity index is 0.000000399. The zero-order valence-corrected chi connectivity index (χ0v) is 12.4. The van der Waals surface area contributed by atoms with Crippen LogP contribution in [0.2, 0.25) is 0 Å². The smallest absolute Gasteiger partial charge is 0.0234 e. The van der Waals surface area contributed by atoms with Crippen molar-refractivity contribution >= 4 is 0 Å². The van der Waals surface area contributed by atoms with Crippen LogP contribution < -0.4 is 0 Å². The maximum atomic E-state index is 2.26. The number of rotatable bonds is 1. The van der Waals surface area contributed by atoms with Gasteiger partial charge in [0.15, 0.2) is 0 Å². The van der Waals surface area contributed by atoms with Gasteiger partial charge >= 0.3 is 0 Å². The Morgan fingerprint density at radius 1 is 0.895 bits per heavy atom. The normalized spacial score (nSPS) is 17.7. The minimum atomic E-state index is 0.432. The summed E-state index contributed by atoms with van der Waals surface area (Å²) in [5.74, 6) is 0.432. The SMILES string of the molecule is C/C=C\C.CC1=CC=CC=CC1c1ccccc1C. The van der Waals surface area contributed by atoms with E-state index in [2.05, 4.69) is 68.5 Å². The van der Waals surface area contributed by atoms with E-state index in [-0.39, 0.29) is 0 Å². The van der Waals surface area contributed by atoms with Gasteiger partial charge in [-0.05, 0) is 38.8 Å². The molecule has 1 atom stereocenters. The molecule has 1 aromatic rings. The largest absolute Gasteiger partial charge is 0.0919 e. The van der Waals surface area contributed by atoms with Gasteiger partial charge in [0.2, 0.25) is 0 Å². The van der Waals surface area contributed by atoms with Gasteiger partial charge in [0, 0.05) is 5.92 Å². The third kappa shape index (κ3) is 4.75. The Morgan fingerprint density at radius 3 is 2.21 bits per heavy atom. The lowest BCUT2D eigenvalue weighted by Crippen LogP contribution is -1.98. The lowest BCUT2D eigenvalue weighted by molar-refractivity contribution is 0.977. The monoisotopic (exact) mass is 252 g/mol. The van der Waals surface area contributed by atoms with Crippen molar-refractivity contribution in [3.8, 4) is 0 Å². The highest BCUT2D eigenvalue weighted by atomic mass is 14.2. The van der Waals surface area contributed by atoms with Crippen LogP contribution in [0.4, 0.5) is 0 Å². The van der Waals surface area contributed by atoms with Crippen LogP contribution in [0.1, 0.15) is 37.8 Å². The molecule has 0 saturated carbocycles. The Bertz CT molecular complexity index is 495. The fourth-order valence-corrected chi connectivity index (χ4v) is 1.99. The zero-order chi connectivity index (χ0) is 14.1. The summed E-state index contributed by atoms with van der Waals surface area (Å²) in [7, 11) is 0. The summed E-state index contributed by atoms with van der Waals surface area (Å²) in [6.45, 7) is 8.37. The molecule has 0 radical (unpaired) electrons. The summed E-state index contributed by atoms with van der Waals surface area (Å²) in [6, 6.07) is 8.60. The molecule has 19 heavy (non-hydrogen) atoms. The molecule has 0 heteroatoms. The molecule has 1 unspecified atom stereocenters. The molecule has 0 aromatic heterocycles. The number of aryl methyl sites for hydroxylation is 1. The minimum Gasteiger partial charge on any atom is -0.0919 e. The van der Waals surface area contributed by atoms with Crippen molar-refractivity contribution in [3.05, 3.63) is 83.5 Å². The third-order valence-corrected chi connectivity index (χ3v) is 3.23. The lowest BCUT2D eigenvalue weighted by atomic mass is 9.89. The highest BCUT2D eigenvalue weighted by Crippen LogP contribution is 2.29. The predicted octanol–water partition coefficient (Wildman–Crippen LogP) is 5.73.